The Labute approximate surface area is 103 Å². The predicted octanol–water partition coefficient (Wildman–Crippen LogP) is -1.29. The molecule has 0 spiro atoms. The molecular weight excluding hydrogens is 218 g/mol. The lowest BCUT2D eigenvalue weighted by atomic mass is 10.0. The van der Waals surface area contributed by atoms with Gasteiger partial charge in [-0.1, -0.05) is 0 Å². The van der Waals surface area contributed by atoms with Crippen LogP contribution < -0.4 is 5.32 Å². The average molecular weight is 243 g/mol. The molecule has 100 valence electrons. The fourth-order valence-electron chi connectivity index (χ4n) is 2.74. The van der Waals surface area contributed by atoms with Gasteiger partial charge in [0.15, 0.2) is 0 Å². The molecule has 17 heavy (non-hydrogen) atoms. The first-order valence-electron chi connectivity index (χ1n) is 6.76. The number of nitrogens with one attached hydrogen (secondary N) is 1. The van der Waals surface area contributed by atoms with E-state index in [1.807, 2.05) is 0 Å². The number of nitrogens with zero attached hydrogens (tertiary/aromatic N) is 2. The normalized spacial score (nSPS) is 32.8. The maximum absolute atomic E-state index is 9.90. The van der Waals surface area contributed by atoms with Crippen LogP contribution in [0.5, 0.6) is 0 Å². The van der Waals surface area contributed by atoms with Crippen molar-refractivity contribution in [2.75, 3.05) is 52.4 Å². The zero-order chi connectivity index (χ0) is 12.1. The summed E-state index contributed by atoms with van der Waals surface area (Å²) in [5.41, 5.74) is 0. The van der Waals surface area contributed by atoms with E-state index in [0.29, 0.717) is 0 Å². The van der Waals surface area contributed by atoms with Gasteiger partial charge in [-0.3, -0.25) is 9.80 Å². The van der Waals surface area contributed by atoms with Crippen molar-refractivity contribution in [2.24, 2.45) is 0 Å². The number of aliphatic hydroxyl groups is 2. The number of β-amino-alcohol motifs (C(OH)–C–C–N with tert-alkyl or cyclic N) is 1. The molecule has 2 saturated heterocycles. The molecular formula is C12H25N3O2. The van der Waals surface area contributed by atoms with E-state index < -0.39 is 0 Å². The van der Waals surface area contributed by atoms with Crippen LogP contribution >= 0.6 is 0 Å². The lowest BCUT2D eigenvalue weighted by Crippen LogP contribution is -2.55. The maximum Gasteiger partial charge on any atom is 0.0706 e. The highest BCUT2D eigenvalue weighted by atomic mass is 16.3. The van der Waals surface area contributed by atoms with E-state index in [-0.39, 0.29) is 18.8 Å². The van der Waals surface area contributed by atoms with Crippen LogP contribution in [0.15, 0.2) is 0 Å². The van der Waals surface area contributed by atoms with Gasteiger partial charge in [0.05, 0.1) is 12.7 Å². The first-order chi connectivity index (χ1) is 8.29. The van der Waals surface area contributed by atoms with Gasteiger partial charge in [-0.25, -0.2) is 0 Å². The van der Waals surface area contributed by atoms with Crippen LogP contribution in [-0.2, 0) is 0 Å². The van der Waals surface area contributed by atoms with Crippen molar-refractivity contribution < 1.29 is 10.2 Å². The lowest BCUT2D eigenvalue weighted by molar-refractivity contribution is 0.0539. The topological polar surface area (TPSA) is 59.0 Å². The Morgan fingerprint density at radius 2 is 1.82 bits per heavy atom. The van der Waals surface area contributed by atoms with Crippen molar-refractivity contribution in [1.82, 2.24) is 15.1 Å². The van der Waals surface area contributed by atoms with Crippen molar-refractivity contribution in [3.05, 3.63) is 0 Å². The second-order valence-corrected chi connectivity index (χ2v) is 5.14. The summed E-state index contributed by atoms with van der Waals surface area (Å²) in [5.74, 6) is 0. The van der Waals surface area contributed by atoms with Gasteiger partial charge in [-0.2, -0.15) is 0 Å². The average Bonchev–Trinajstić information content (AvgIpc) is 2.35. The lowest BCUT2D eigenvalue weighted by Gasteiger charge is -2.38. The van der Waals surface area contributed by atoms with E-state index in [1.165, 1.54) is 0 Å². The highest BCUT2D eigenvalue weighted by Gasteiger charge is 2.26. The summed E-state index contributed by atoms with van der Waals surface area (Å²) in [4.78, 5) is 4.71. The van der Waals surface area contributed by atoms with E-state index in [0.717, 1.165) is 58.7 Å². The van der Waals surface area contributed by atoms with Crippen LogP contribution in [0.2, 0.25) is 0 Å². The molecule has 0 amide bonds. The Balaban J connectivity index is 1.70. The monoisotopic (exact) mass is 243 g/mol. The van der Waals surface area contributed by atoms with Crippen molar-refractivity contribution in [3.8, 4) is 0 Å². The van der Waals surface area contributed by atoms with Gasteiger partial charge in [0, 0.05) is 45.3 Å². The number of rotatable bonds is 4. The van der Waals surface area contributed by atoms with Crippen molar-refractivity contribution in [3.63, 3.8) is 0 Å². The van der Waals surface area contributed by atoms with Gasteiger partial charge in [0.25, 0.3) is 0 Å². The van der Waals surface area contributed by atoms with Gasteiger partial charge in [0.2, 0.25) is 0 Å². The molecule has 2 rings (SSSR count). The predicted molar refractivity (Wildman–Crippen MR) is 67.0 cm³/mol. The third-order valence-corrected chi connectivity index (χ3v) is 3.88. The fraction of sp³-hybridized carbons (Fsp3) is 1.00. The van der Waals surface area contributed by atoms with Gasteiger partial charge in [-0.05, 0) is 19.4 Å². The number of piperazine rings is 1. The summed E-state index contributed by atoms with van der Waals surface area (Å²) < 4.78 is 0. The summed E-state index contributed by atoms with van der Waals surface area (Å²) in [6.07, 6.45) is 1.84. The first-order valence-corrected chi connectivity index (χ1v) is 6.76. The molecule has 2 aliphatic rings. The standard InChI is InChI=1S/C12H25N3O2/c16-9-8-14-4-6-15(7-5-14)10-11-12(17)2-1-3-13-11/h11-13,16-17H,1-10H2/t11-,12-/m1/s1. The number of hydrogen-bond donors (Lipinski definition) is 3. The van der Waals surface area contributed by atoms with Crippen LogP contribution in [0.1, 0.15) is 12.8 Å². The molecule has 5 nitrogen and oxygen atoms in total. The molecule has 0 aliphatic carbocycles. The van der Waals surface area contributed by atoms with Gasteiger partial charge in [-0.15, -0.1) is 0 Å². The van der Waals surface area contributed by atoms with Crippen LogP contribution in [0.4, 0.5) is 0 Å². The fourth-order valence-corrected chi connectivity index (χ4v) is 2.74. The third kappa shape index (κ3) is 3.89. The minimum atomic E-state index is -0.181. The van der Waals surface area contributed by atoms with Crippen LogP contribution in [0.3, 0.4) is 0 Å². The Morgan fingerprint density at radius 3 is 2.47 bits per heavy atom. The Kier molecular flexibility index (Phi) is 5.18. The summed E-state index contributed by atoms with van der Waals surface area (Å²) in [7, 11) is 0. The van der Waals surface area contributed by atoms with E-state index >= 15 is 0 Å². The van der Waals surface area contributed by atoms with Crippen molar-refractivity contribution >= 4 is 0 Å². The number of aliphatic hydroxyl groups excluding tert-OH is 2. The molecule has 2 heterocycles. The molecule has 0 aromatic rings. The van der Waals surface area contributed by atoms with Crippen molar-refractivity contribution in [1.29, 1.82) is 0 Å². The molecule has 0 aromatic heterocycles. The zero-order valence-electron chi connectivity index (χ0n) is 10.5. The molecule has 0 aromatic carbocycles. The third-order valence-electron chi connectivity index (χ3n) is 3.88. The van der Waals surface area contributed by atoms with Gasteiger partial charge in [0.1, 0.15) is 0 Å². The molecule has 0 bridgehead atoms. The highest BCUT2D eigenvalue weighted by Crippen LogP contribution is 2.11. The second-order valence-electron chi connectivity index (χ2n) is 5.14. The number of piperidine rings is 1. The number of hydrogen-bond acceptors (Lipinski definition) is 5. The molecule has 0 radical (unpaired) electrons. The zero-order valence-corrected chi connectivity index (χ0v) is 10.5. The van der Waals surface area contributed by atoms with Crippen LogP contribution in [0.25, 0.3) is 0 Å². The minimum absolute atomic E-state index is 0.181. The summed E-state index contributed by atoms with van der Waals surface area (Å²) in [6.45, 7) is 7.18. The Hall–Kier alpha value is -0.200. The molecule has 2 aliphatic heterocycles. The molecule has 5 heteroatoms. The van der Waals surface area contributed by atoms with Crippen LogP contribution in [0, 0.1) is 0 Å². The highest BCUT2D eigenvalue weighted by molar-refractivity contribution is 4.85. The van der Waals surface area contributed by atoms with E-state index in [2.05, 4.69) is 15.1 Å². The molecule has 2 fully saturated rings. The first kappa shape index (κ1) is 13.2. The van der Waals surface area contributed by atoms with E-state index in [9.17, 15) is 5.11 Å². The summed E-state index contributed by atoms with van der Waals surface area (Å²) in [5, 5.41) is 22.2. The quantitative estimate of drug-likeness (QED) is 0.573. The molecule has 3 N–H and O–H groups in total. The Bertz CT molecular complexity index is 220. The van der Waals surface area contributed by atoms with E-state index in [1.54, 1.807) is 0 Å². The molecule has 0 saturated carbocycles. The SMILES string of the molecule is OCCN1CCN(C[C@H]2NCCC[C@H]2O)CC1. The molecule has 2 atom stereocenters. The van der Waals surface area contributed by atoms with Crippen molar-refractivity contribution in [2.45, 2.75) is 25.0 Å². The van der Waals surface area contributed by atoms with E-state index in [4.69, 9.17) is 5.11 Å². The smallest absolute Gasteiger partial charge is 0.0706 e. The second kappa shape index (κ2) is 6.66. The van der Waals surface area contributed by atoms with Crippen LogP contribution in [-0.4, -0.2) is 84.6 Å². The molecule has 0 unspecified atom stereocenters. The maximum atomic E-state index is 9.90. The van der Waals surface area contributed by atoms with Gasteiger partial charge >= 0.3 is 0 Å². The Morgan fingerprint density at radius 1 is 1.12 bits per heavy atom. The van der Waals surface area contributed by atoms with Gasteiger partial charge < -0.3 is 15.5 Å². The minimum Gasteiger partial charge on any atom is -0.395 e. The summed E-state index contributed by atoms with van der Waals surface area (Å²) >= 11 is 0. The summed E-state index contributed by atoms with van der Waals surface area (Å²) in [6, 6.07) is 0.244. The largest absolute Gasteiger partial charge is 0.395 e.